The van der Waals surface area contributed by atoms with Gasteiger partial charge in [-0.3, -0.25) is 4.79 Å². The molecule has 1 aromatic heterocycles. The van der Waals surface area contributed by atoms with Crippen molar-refractivity contribution in [3.8, 4) is 0 Å². The van der Waals surface area contributed by atoms with Crippen LogP contribution in [-0.2, 0) is 14.8 Å². The summed E-state index contributed by atoms with van der Waals surface area (Å²) in [6, 6.07) is -0.626. The van der Waals surface area contributed by atoms with Crippen molar-refractivity contribution in [2.45, 2.75) is 93.4 Å². The van der Waals surface area contributed by atoms with E-state index in [0.717, 1.165) is 9.21 Å². The topological polar surface area (TPSA) is 73.8 Å². The molecule has 3 fully saturated rings. The van der Waals surface area contributed by atoms with Crippen molar-refractivity contribution in [2.75, 3.05) is 25.0 Å². The lowest BCUT2D eigenvalue weighted by atomic mass is 9.91. The number of carbonyl (C=O) groups excluding carboxylic acids is 1. The highest BCUT2D eigenvalue weighted by Gasteiger charge is 2.49. The van der Waals surface area contributed by atoms with E-state index in [4.69, 9.17) is 0 Å². The predicted octanol–water partition coefficient (Wildman–Crippen LogP) is 4.11. The van der Waals surface area contributed by atoms with E-state index in [9.17, 15) is 35.2 Å². The van der Waals surface area contributed by atoms with Crippen molar-refractivity contribution < 1.29 is 35.2 Å². The first-order valence-corrected chi connectivity index (χ1v) is 13.6. The Bertz CT molecular complexity index is 1090. The van der Waals surface area contributed by atoms with Crippen LogP contribution in [0.25, 0.3) is 0 Å². The van der Waals surface area contributed by atoms with Crippen molar-refractivity contribution in [3.63, 3.8) is 0 Å². The summed E-state index contributed by atoms with van der Waals surface area (Å²) in [5.41, 5.74) is 0.375. The Morgan fingerprint density at radius 3 is 2.36 bits per heavy atom. The van der Waals surface area contributed by atoms with Crippen LogP contribution in [0, 0.1) is 6.92 Å². The van der Waals surface area contributed by atoms with Crippen molar-refractivity contribution in [2.24, 2.45) is 0 Å². The summed E-state index contributed by atoms with van der Waals surface area (Å²) in [6.07, 6.45) is -4.25. The number of aryl methyl sites for hydroxylation is 1. The van der Waals surface area contributed by atoms with Crippen LogP contribution in [0.1, 0.15) is 57.1 Å². The highest BCUT2D eigenvalue weighted by atomic mass is 32.2. The maximum absolute atomic E-state index is 13.8. The summed E-state index contributed by atoms with van der Waals surface area (Å²) in [5, 5.41) is 0. The fourth-order valence-electron chi connectivity index (χ4n) is 5.53. The minimum absolute atomic E-state index is 0.0144. The van der Waals surface area contributed by atoms with Crippen molar-refractivity contribution in [1.82, 2.24) is 14.2 Å². The molecule has 36 heavy (non-hydrogen) atoms. The molecule has 1 amide bonds. The number of hydrogen-bond acceptors (Lipinski definition) is 5. The lowest BCUT2D eigenvalue weighted by Gasteiger charge is -2.37. The summed E-state index contributed by atoms with van der Waals surface area (Å²) < 4.78 is 96.8. The average molecular weight is 539 g/mol. The van der Waals surface area contributed by atoms with E-state index < -0.39 is 46.2 Å². The fraction of sp³-hybridized carbons (Fsp3) is 0.739. The molecule has 0 spiro atoms. The molecule has 3 heterocycles. The van der Waals surface area contributed by atoms with E-state index in [2.05, 4.69) is 4.98 Å². The molecule has 0 bridgehead atoms. The van der Waals surface area contributed by atoms with Crippen LogP contribution < -0.4 is 4.90 Å². The van der Waals surface area contributed by atoms with Crippen LogP contribution in [0.15, 0.2) is 17.0 Å². The predicted molar refractivity (Wildman–Crippen MR) is 122 cm³/mol. The van der Waals surface area contributed by atoms with Gasteiger partial charge in [0.2, 0.25) is 21.9 Å². The first-order valence-electron chi connectivity index (χ1n) is 12.2. The quantitative estimate of drug-likeness (QED) is 0.528. The van der Waals surface area contributed by atoms with Gasteiger partial charge in [-0.15, -0.1) is 0 Å². The molecule has 1 aromatic rings. The Kier molecular flexibility index (Phi) is 7.28. The molecule has 13 heteroatoms. The molecule has 0 N–H and O–H groups in total. The van der Waals surface area contributed by atoms with Crippen LogP contribution in [0.4, 0.5) is 27.8 Å². The summed E-state index contributed by atoms with van der Waals surface area (Å²) in [6.45, 7) is 1.62. The zero-order chi connectivity index (χ0) is 26.5. The van der Waals surface area contributed by atoms with Crippen LogP contribution in [0.3, 0.4) is 0 Å². The van der Waals surface area contributed by atoms with Crippen LogP contribution in [-0.4, -0.2) is 78.9 Å². The second-order valence-electron chi connectivity index (χ2n) is 9.98. The highest BCUT2D eigenvalue weighted by Crippen LogP contribution is 2.40. The molecule has 3 aliphatic rings. The van der Waals surface area contributed by atoms with E-state index in [0.29, 0.717) is 12.1 Å². The molecule has 202 valence electrons. The Morgan fingerprint density at radius 2 is 1.72 bits per heavy atom. The van der Waals surface area contributed by atoms with Gasteiger partial charge in [-0.25, -0.2) is 22.2 Å². The zero-order valence-corrected chi connectivity index (χ0v) is 21.1. The zero-order valence-electron chi connectivity index (χ0n) is 20.3. The Balaban J connectivity index is 1.62. The van der Waals surface area contributed by atoms with Crippen LogP contribution in [0.5, 0.6) is 0 Å². The van der Waals surface area contributed by atoms with Crippen molar-refractivity contribution in [1.29, 1.82) is 0 Å². The highest BCUT2D eigenvalue weighted by molar-refractivity contribution is 7.89. The Labute approximate surface area is 207 Å². The molecular weight excluding hydrogens is 507 g/mol. The number of alkyl halides is 5. The second-order valence-corrected chi connectivity index (χ2v) is 11.8. The Hall–Kier alpha value is -2.02. The van der Waals surface area contributed by atoms with Gasteiger partial charge in [-0.05, 0) is 57.6 Å². The van der Waals surface area contributed by atoms with Gasteiger partial charge >= 0.3 is 6.18 Å². The smallest absolute Gasteiger partial charge is 0.343 e. The molecule has 2 saturated heterocycles. The number of amides is 1. The van der Waals surface area contributed by atoms with Gasteiger partial charge in [0.05, 0.1) is 0 Å². The van der Waals surface area contributed by atoms with Gasteiger partial charge < -0.3 is 9.80 Å². The van der Waals surface area contributed by atoms with Gasteiger partial charge in [-0.1, -0.05) is 0 Å². The van der Waals surface area contributed by atoms with Crippen LogP contribution >= 0.6 is 0 Å². The molecule has 1 saturated carbocycles. The molecule has 0 aromatic carbocycles. The first kappa shape index (κ1) is 27.0. The van der Waals surface area contributed by atoms with Crippen molar-refractivity contribution >= 4 is 21.7 Å². The third-order valence-corrected chi connectivity index (χ3v) is 9.47. The number of likely N-dealkylation sites (N-methyl/N-ethyl adjacent to an activating group) is 1. The number of sulfonamides is 1. The number of nitrogens with zero attached hydrogens (tertiary/aromatic N) is 4. The standard InChI is InChI=1S/C23H31F5N4O3S/c1-15-7-8-18(20(29-15)31-13-4-6-19(31)23(26,27)28)36(34,35)32-14-3-5-17(32)21(33)30(2)16-9-11-22(24,25)12-10-16/h7-8,16-17,19H,3-6,9-14H2,1-2H3/t17-,19+/m0/s1. The number of halogens is 5. The lowest BCUT2D eigenvalue weighted by Crippen LogP contribution is -2.51. The summed E-state index contributed by atoms with van der Waals surface area (Å²) in [4.78, 5) is 19.5. The number of anilines is 1. The number of hydrogen-bond donors (Lipinski definition) is 0. The van der Waals surface area contributed by atoms with E-state index in [1.165, 1.54) is 24.1 Å². The van der Waals surface area contributed by atoms with Gasteiger partial charge in [0, 0.05) is 44.7 Å². The van der Waals surface area contributed by atoms with Crippen molar-refractivity contribution in [3.05, 3.63) is 17.8 Å². The van der Waals surface area contributed by atoms with Gasteiger partial charge in [0.25, 0.3) is 0 Å². The summed E-state index contributed by atoms with van der Waals surface area (Å²) >= 11 is 0. The monoisotopic (exact) mass is 538 g/mol. The number of aromatic nitrogens is 1. The Morgan fingerprint density at radius 1 is 1.08 bits per heavy atom. The normalized spacial score (nSPS) is 25.9. The average Bonchev–Trinajstić information content (AvgIpc) is 3.48. The third-order valence-electron chi connectivity index (χ3n) is 7.54. The molecule has 2 atom stereocenters. The summed E-state index contributed by atoms with van der Waals surface area (Å²) in [7, 11) is -2.88. The lowest BCUT2D eigenvalue weighted by molar-refractivity contribution is -0.146. The van der Waals surface area contributed by atoms with E-state index in [-0.39, 0.29) is 68.7 Å². The number of carbonyl (C=O) groups is 1. The number of rotatable bonds is 5. The molecule has 2 aliphatic heterocycles. The summed E-state index contributed by atoms with van der Waals surface area (Å²) in [5.74, 6) is -3.50. The van der Waals surface area contributed by atoms with Crippen LogP contribution in [0.2, 0.25) is 0 Å². The molecule has 7 nitrogen and oxygen atoms in total. The minimum Gasteiger partial charge on any atom is -0.343 e. The fourth-order valence-corrected chi connectivity index (χ4v) is 7.31. The molecular formula is C23H31F5N4O3S. The largest absolute Gasteiger partial charge is 0.408 e. The minimum atomic E-state index is -4.55. The van der Waals surface area contributed by atoms with Gasteiger partial charge in [0.15, 0.2) is 0 Å². The van der Waals surface area contributed by atoms with E-state index >= 15 is 0 Å². The maximum Gasteiger partial charge on any atom is 0.408 e. The first-order chi connectivity index (χ1) is 16.7. The molecule has 0 radical (unpaired) electrons. The molecule has 0 unspecified atom stereocenters. The van der Waals surface area contributed by atoms with Gasteiger partial charge in [-0.2, -0.15) is 17.5 Å². The molecule has 1 aliphatic carbocycles. The SMILES string of the molecule is Cc1ccc(S(=O)(=O)N2CCC[C@H]2C(=O)N(C)C2CCC(F)(F)CC2)c(N2CCC[C@@H]2C(F)(F)F)n1. The third kappa shape index (κ3) is 5.18. The number of pyridine rings is 1. The van der Waals surface area contributed by atoms with E-state index in [1.807, 2.05) is 0 Å². The van der Waals surface area contributed by atoms with Gasteiger partial charge in [0.1, 0.15) is 22.8 Å². The second kappa shape index (κ2) is 9.70. The maximum atomic E-state index is 13.8. The van der Waals surface area contributed by atoms with E-state index in [1.54, 1.807) is 6.92 Å². The molecule has 4 rings (SSSR count).